The lowest BCUT2D eigenvalue weighted by Crippen LogP contribution is -2.28. The van der Waals surface area contributed by atoms with Gasteiger partial charge in [0.1, 0.15) is 5.82 Å². The Kier molecular flexibility index (Phi) is 3.68. The van der Waals surface area contributed by atoms with Crippen LogP contribution in [0.4, 0.5) is 0 Å². The third-order valence-electron chi connectivity index (χ3n) is 4.01. The van der Waals surface area contributed by atoms with Gasteiger partial charge in [0.15, 0.2) is 0 Å². The number of aliphatic hydroxyl groups is 1. The summed E-state index contributed by atoms with van der Waals surface area (Å²) in [7, 11) is 0. The quantitative estimate of drug-likeness (QED) is 0.935. The van der Waals surface area contributed by atoms with Gasteiger partial charge < -0.3 is 5.11 Å². The number of aliphatic hydroxyl groups excluding tert-OH is 1. The predicted octanol–water partition coefficient (Wildman–Crippen LogP) is 1.73. The fourth-order valence-corrected chi connectivity index (χ4v) is 3.04. The van der Waals surface area contributed by atoms with Gasteiger partial charge in [-0.15, -0.1) is 0 Å². The van der Waals surface area contributed by atoms with Gasteiger partial charge in [0, 0.05) is 13.0 Å². The van der Waals surface area contributed by atoms with Gasteiger partial charge in [-0.1, -0.05) is 29.3 Å². The molecular weight excluding hydrogens is 266 g/mol. The predicted molar refractivity (Wildman–Crippen MR) is 80.3 cm³/mol. The highest BCUT2D eigenvalue weighted by atomic mass is 16.3. The summed E-state index contributed by atoms with van der Waals surface area (Å²) in [5.41, 5.74) is 2.96. The van der Waals surface area contributed by atoms with Crippen molar-refractivity contribution in [1.82, 2.24) is 14.3 Å². The number of fused-ring (bicyclic) bond motifs is 1. The van der Waals surface area contributed by atoms with Crippen molar-refractivity contribution < 1.29 is 5.11 Å². The van der Waals surface area contributed by atoms with E-state index < -0.39 is 6.10 Å². The summed E-state index contributed by atoms with van der Waals surface area (Å²) < 4.78 is 3.14. The molecule has 2 aromatic rings. The van der Waals surface area contributed by atoms with Crippen LogP contribution in [0.2, 0.25) is 0 Å². The van der Waals surface area contributed by atoms with Gasteiger partial charge >= 0.3 is 5.69 Å². The van der Waals surface area contributed by atoms with E-state index in [1.165, 1.54) is 4.68 Å². The molecule has 0 bridgehead atoms. The molecular formula is C16H21N3O2. The maximum absolute atomic E-state index is 12.3. The summed E-state index contributed by atoms with van der Waals surface area (Å²) in [5, 5.41) is 14.8. The molecule has 0 radical (unpaired) electrons. The van der Waals surface area contributed by atoms with E-state index in [4.69, 9.17) is 0 Å². The molecule has 0 saturated heterocycles. The Balaban J connectivity index is 1.86. The fourth-order valence-electron chi connectivity index (χ4n) is 3.04. The molecule has 0 amide bonds. The Morgan fingerprint density at radius 2 is 1.95 bits per heavy atom. The van der Waals surface area contributed by atoms with E-state index in [0.717, 1.165) is 48.3 Å². The lowest BCUT2D eigenvalue weighted by molar-refractivity contribution is 0.149. The number of hydrogen-bond acceptors (Lipinski definition) is 3. The number of benzene rings is 1. The summed E-state index contributed by atoms with van der Waals surface area (Å²) in [6, 6.07) is 5.98. The molecule has 5 nitrogen and oxygen atoms in total. The second-order valence-corrected chi connectivity index (χ2v) is 5.93. The molecule has 1 aromatic carbocycles. The van der Waals surface area contributed by atoms with Crippen molar-refractivity contribution in [3.63, 3.8) is 0 Å². The van der Waals surface area contributed by atoms with E-state index in [9.17, 15) is 9.90 Å². The van der Waals surface area contributed by atoms with E-state index in [0.29, 0.717) is 0 Å². The molecule has 112 valence electrons. The van der Waals surface area contributed by atoms with Gasteiger partial charge in [-0.3, -0.25) is 4.57 Å². The van der Waals surface area contributed by atoms with Crippen LogP contribution in [0.5, 0.6) is 0 Å². The van der Waals surface area contributed by atoms with Gasteiger partial charge in [-0.2, -0.15) is 5.10 Å². The Morgan fingerprint density at radius 1 is 1.24 bits per heavy atom. The average molecular weight is 287 g/mol. The SMILES string of the molecule is Cc1cc(C)cc(C(O)Cn2nc3n(c2=O)CCCC3)c1. The highest BCUT2D eigenvalue weighted by Gasteiger charge is 2.19. The Labute approximate surface area is 123 Å². The Bertz CT molecular complexity index is 695. The molecule has 0 saturated carbocycles. The molecule has 1 unspecified atom stereocenters. The van der Waals surface area contributed by atoms with E-state index >= 15 is 0 Å². The second-order valence-electron chi connectivity index (χ2n) is 5.93. The monoisotopic (exact) mass is 287 g/mol. The molecule has 21 heavy (non-hydrogen) atoms. The molecule has 1 aromatic heterocycles. The molecule has 0 spiro atoms. The van der Waals surface area contributed by atoms with Crippen LogP contribution in [0.25, 0.3) is 0 Å². The number of hydrogen-bond donors (Lipinski definition) is 1. The van der Waals surface area contributed by atoms with Gasteiger partial charge in [0.2, 0.25) is 0 Å². The van der Waals surface area contributed by atoms with Gasteiger partial charge in [-0.05, 0) is 32.3 Å². The highest BCUT2D eigenvalue weighted by Crippen LogP contribution is 2.18. The molecule has 1 aliphatic rings. The van der Waals surface area contributed by atoms with E-state index in [-0.39, 0.29) is 12.2 Å². The van der Waals surface area contributed by atoms with E-state index in [1.807, 2.05) is 26.0 Å². The van der Waals surface area contributed by atoms with Crippen LogP contribution < -0.4 is 5.69 Å². The summed E-state index contributed by atoms with van der Waals surface area (Å²) >= 11 is 0. The van der Waals surface area contributed by atoms with Crippen molar-refractivity contribution >= 4 is 0 Å². The number of nitrogens with zero attached hydrogens (tertiary/aromatic N) is 3. The van der Waals surface area contributed by atoms with Gasteiger partial charge in [0.05, 0.1) is 12.6 Å². The van der Waals surface area contributed by atoms with E-state index in [2.05, 4.69) is 11.2 Å². The van der Waals surface area contributed by atoms with Crippen molar-refractivity contribution in [2.45, 2.75) is 52.3 Å². The molecule has 1 atom stereocenters. The van der Waals surface area contributed by atoms with Gasteiger partial charge in [-0.25, -0.2) is 9.48 Å². The Hall–Kier alpha value is -1.88. The Morgan fingerprint density at radius 3 is 2.62 bits per heavy atom. The molecule has 1 aliphatic heterocycles. The van der Waals surface area contributed by atoms with E-state index in [1.54, 1.807) is 4.57 Å². The molecule has 3 rings (SSSR count). The first kappa shape index (κ1) is 14.1. The van der Waals surface area contributed by atoms with Crippen LogP contribution in [0.3, 0.4) is 0 Å². The molecule has 0 aliphatic carbocycles. The molecule has 0 fully saturated rings. The molecule has 1 N–H and O–H groups in total. The average Bonchev–Trinajstić information content (AvgIpc) is 2.75. The van der Waals surface area contributed by atoms with Crippen molar-refractivity contribution in [2.24, 2.45) is 0 Å². The number of rotatable bonds is 3. The van der Waals surface area contributed by atoms with Crippen molar-refractivity contribution in [3.8, 4) is 0 Å². The third kappa shape index (κ3) is 2.78. The van der Waals surface area contributed by atoms with Crippen LogP contribution in [-0.4, -0.2) is 19.5 Å². The summed E-state index contributed by atoms with van der Waals surface area (Å²) in [6.45, 7) is 4.96. The summed E-state index contributed by atoms with van der Waals surface area (Å²) in [6.07, 6.45) is 2.24. The summed E-state index contributed by atoms with van der Waals surface area (Å²) in [5.74, 6) is 0.846. The van der Waals surface area contributed by atoms with Crippen molar-refractivity contribution in [2.75, 3.05) is 0 Å². The lowest BCUT2D eigenvalue weighted by atomic mass is 10.0. The first-order valence-electron chi connectivity index (χ1n) is 7.47. The zero-order valence-electron chi connectivity index (χ0n) is 12.5. The molecule has 2 heterocycles. The minimum Gasteiger partial charge on any atom is -0.386 e. The van der Waals surface area contributed by atoms with Crippen LogP contribution in [0.15, 0.2) is 23.0 Å². The minimum absolute atomic E-state index is 0.104. The lowest BCUT2D eigenvalue weighted by Gasteiger charge is -2.12. The first-order valence-corrected chi connectivity index (χ1v) is 7.47. The highest BCUT2D eigenvalue weighted by molar-refractivity contribution is 5.29. The van der Waals surface area contributed by atoms with Crippen LogP contribution in [-0.2, 0) is 19.5 Å². The maximum Gasteiger partial charge on any atom is 0.346 e. The topological polar surface area (TPSA) is 60.0 Å². The summed E-state index contributed by atoms with van der Waals surface area (Å²) in [4.78, 5) is 12.3. The smallest absolute Gasteiger partial charge is 0.346 e. The standard InChI is InChI=1S/C16H21N3O2/c1-11-7-12(2)9-13(8-11)14(20)10-19-16(21)18-6-4-3-5-15(18)17-19/h7-9,14,20H,3-6,10H2,1-2H3. The zero-order valence-corrected chi connectivity index (χ0v) is 12.5. The van der Waals surface area contributed by atoms with Crippen LogP contribution >= 0.6 is 0 Å². The van der Waals surface area contributed by atoms with Crippen molar-refractivity contribution in [3.05, 3.63) is 51.2 Å². The van der Waals surface area contributed by atoms with Crippen LogP contribution in [0, 0.1) is 13.8 Å². The largest absolute Gasteiger partial charge is 0.386 e. The number of aryl methyl sites for hydroxylation is 3. The van der Waals surface area contributed by atoms with Crippen molar-refractivity contribution in [1.29, 1.82) is 0 Å². The normalized spacial score (nSPS) is 15.8. The second kappa shape index (κ2) is 5.48. The van der Waals surface area contributed by atoms with Gasteiger partial charge in [0.25, 0.3) is 0 Å². The molecule has 5 heteroatoms. The maximum atomic E-state index is 12.3. The fraction of sp³-hybridized carbons (Fsp3) is 0.500. The first-order chi connectivity index (χ1) is 10.0. The number of aromatic nitrogens is 3. The third-order valence-corrected chi connectivity index (χ3v) is 4.01. The zero-order chi connectivity index (χ0) is 15.0. The van der Waals surface area contributed by atoms with Crippen LogP contribution in [0.1, 0.15) is 41.5 Å². The minimum atomic E-state index is -0.710.